The number of benzene rings is 6. The van der Waals surface area contributed by atoms with Gasteiger partial charge in [-0.1, -0.05) is 78.9 Å². The lowest BCUT2D eigenvalue weighted by atomic mass is 9.92. The fourth-order valence-electron chi connectivity index (χ4n) is 6.38. The molecule has 0 amide bonds. The van der Waals surface area contributed by atoms with Gasteiger partial charge in [0.2, 0.25) is 0 Å². The lowest BCUT2D eigenvalue weighted by molar-refractivity contribution is 0.478. The molecule has 0 fully saturated rings. The summed E-state index contributed by atoms with van der Waals surface area (Å²) in [4.78, 5) is 5.18. The van der Waals surface area contributed by atoms with Crippen molar-refractivity contribution in [1.29, 1.82) is 0 Å². The van der Waals surface area contributed by atoms with Gasteiger partial charge in [0, 0.05) is 22.1 Å². The van der Waals surface area contributed by atoms with Crippen LogP contribution >= 0.6 is 0 Å². The number of aromatic nitrogens is 3. The van der Waals surface area contributed by atoms with E-state index < -0.39 is 0 Å². The summed E-state index contributed by atoms with van der Waals surface area (Å²) in [5, 5.41) is 25.8. The SMILES string of the molecule is Cc1cccc(C)c1-c1cc(-c2cccc(-c3cc4ccccc4nn3)c2)nc(-c2cc3cc4ccccc4cc3cc2O)c1. The Morgan fingerprint density at radius 1 is 0.444 bits per heavy atom. The lowest BCUT2D eigenvalue weighted by Crippen LogP contribution is -1.95. The molecule has 0 atom stereocenters. The molecule has 0 spiro atoms. The van der Waals surface area contributed by atoms with Gasteiger partial charge in [-0.25, -0.2) is 4.98 Å². The fourth-order valence-corrected chi connectivity index (χ4v) is 6.38. The quantitative estimate of drug-likeness (QED) is 0.211. The van der Waals surface area contributed by atoms with Crippen molar-refractivity contribution in [2.75, 3.05) is 0 Å². The van der Waals surface area contributed by atoms with Crippen molar-refractivity contribution in [2.24, 2.45) is 0 Å². The Morgan fingerprint density at radius 3 is 1.82 bits per heavy atom. The van der Waals surface area contributed by atoms with Crippen LogP contribution in [0.5, 0.6) is 5.75 Å². The third kappa shape index (κ3) is 4.87. The molecule has 0 radical (unpaired) electrons. The molecule has 8 rings (SSSR count). The van der Waals surface area contributed by atoms with E-state index in [0.717, 1.165) is 60.5 Å². The number of pyridine rings is 1. The minimum Gasteiger partial charge on any atom is -0.507 e. The highest BCUT2D eigenvalue weighted by atomic mass is 16.3. The van der Waals surface area contributed by atoms with Gasteiger partial charge in [0.25, 0.3) is 0 Å². The maximum atomic E-state index is 11.4. The summed E-state index contributed by atoms with van der Waals surface area (Å²) in [6.45, 7) is 4.28. The highest BCUT2D eigenvalue weighted by Gasteiger charge is 2.16. The van der Waals surface area contributed by atoms with Gasteiger partial charge in [-0.3, -0.25) is 0 Å². The van der Waals surface area contributed by atoms with Crippen LogP contribution in [-0.4, -0.2) is 20.3 Å². The summed E-state index contributed by atoms with van der Waals surface area (Å²) < 4.78 is 0. The summed E-state index contributed by atoms with van der Waals surface area (Å²) >= 11 is 0. The van der Waals surface area contributed by atoms with Crippen molar-refractivity contribution in [1.82, 2.24) is 15.2 Å². The van der Waals surface area contributed by atoms with Crippen molar-refractivity contribution < 1.29 is 5.11 Å². The standard InChI is InChI=1S/C41H29N3O/c1-25-9-7-10-26(2)41(25)34-22-37(29-14-8-15-30(19-29)38-21-31-13-5-6-16-36(31)43-44-38)42-39(23-34)35-20-32-17-27-11-3-4-12-28(27)18-33(32)24-40(35)45/h3-24,45H,1-2H3. The van der Waals surface area contributed by atoms with E-state index in [0.29, 0.717) is 11.3 Å². The van der Waals surface area contributed by atoms with Crippen LogP contribution in [0.25, 0.3) is 77.3 Å². The number of aromatic hydroxyl groups is 1. The van der Waals surface area contributed by atoms with Crippen LogP contribution in [0.15, 0.2) is 133 Å². The number of fused-ring (bicyclic) bond motifs is 3. The zero-order valence-electron chi connectivity index (χ0n) is 25.0. The van der Waals surface area contributed by atoms with Crippen molar-refractivity contribution in [2.45, 2.75) is 13.8 Å². The first kappa shape index (κ1) is 26.7. The summed E-state index contributed by atoms with van der Waals surface area (Å²) in [6.07, 6.45) is 0. The molecule has 8 aromatic rings. The van der Waals surface area contributed by atoms with Crippen molar-refractivity contribution in [3.05, 3.63) is 145 Å². The molecule has 1 N–H and O–H groups in total. The number of hydrogen-bond donors (Lipinski definition) is 1. The Balaban J connectivity index is 1.32. The Kier molecular flexibility index (Phi) is 6.35. The van der Waals surface area contributed by atoms with Gasteiger partial charge in [-0.15, -0.1) is 10.2 Å². The van der Waals surface area contributed by atoms with Crippen LogP contribution in [0, 0.1) is 13.8 Å². The monoisotopic (exact) mass is 579 g/mol. The third-order valence-corrected chi connectivity index (χ3v) is 8.64. The summed E-state index contributed by atoms with van der Waals surface area (Å²) in [5.74, 6) is 0.204. The van der Waals surface area contributed by atoms with Crippen LogP contribution in [0.4, 0.5) is 0 Å². The molecular formula is C41H29N3O. The fraction of sp³-hybridized carbons (Fsp3) is 0.0488. The zero-order valence-corrected chi connectivity index (χ0v) is 25.0. The molecule has 6 aromatic carbocycles. The Morgan fingerprint density at radius 2 is 1.07 bits per heavy atom. The second-order valence-corrected chi connectivity index (χ2v) is 11.7. The van der Waals surface area contributed by atoms with E-state index in [4.69, 9.17) is 4.98 Å². The molecule has 2 aromatic heterocycles. The Hall–Kier alpha value is -5.87. The molecular weight excluding hydrogens is 550 g/mol. The average Bonchev–Trinajstić information content (AvgIpc) is 3.07. The first-order valence-electron chi connectivity index (χ1n) is 15.1. The van der Waals surface area contributed by atoms with E-state index in [1.54, 1.807) is 0 Å². The van der Waals surface area contributed by atoms with E-state index in [1.165, 1.54) is 16.7 Å². The van der Waals surface area contributed by atoms with Crippen molar-refractivity contribution in [3.63, 3.8) is 0 Å². The van der Waals surface area contributed by atoms with E-state index in [-0.39, 0.29) is 5.75 Å². The molecule has 0 unspecified atom stereocenters. The van der Waals surface area contributed by atoms with Gasteiger partial charge in [0.15, 0.2) is 0 Å². The van der Waals surface area contributed by atoms with Crippen LogP contribution in [-0.2, 0) is 0 Å². The van der Waals surface area contributed by atoms with E-state index in [1.807, 2.05) is 36.4 Å². The van der Waals surface area contributed by atoms with Gasteiger partial charge in [-0.2, -0.15) is 0 Å². The van der Waals surface area contributed by atoms with Crippen molar-refractivity contribution in [3.8, 4) is 50.6 Å². The third-order valence-electron chi connectivity index (χ3n) is 8.64. The van der Waals surface area contributed by atoms with Gasteiger partial charge in [-0.05, 0) is 112 Å². The number of phenolic OH excluding ortho intramolecular Hbond substituents is 1. The van der Waals surface area contributed by atoms with Crippen LogP contribution in [0.1, 0.15) is 11.1 Å². The van der Waals surface area contributed by atoms with Crippen LogP contribution < -0.4 is 0 Å². The minimum absolute atomic E-state index is 0.204. The number of aryl methyl sites for hydroxylation is 2. The first-order chi connectivity index (χ1) is 22.0. The lowest BCUT2D eigenvalue weighted by Gasteiger charge is -2.15. The molecule has 0 aliphatic rings. The van der Waals surface area contributed by atoms with E-state index in [9.17, 15) is 5.11 Å². The molecule has 4 heteroatoms. The predicted molar refractivity (Wildman–Crippen MR) is 185 cm³/mol. The Bertz CT molecular complexity index is 2410. The van der Waals surface area contributed by atoms with Gasteiger partial charge in [0.05, 0.1) is 22.6 Å². The second kappa shape index (κ2) is 10.7. The molecule has 0 aliphatic carbocycles. The maximum absolute atomic E-state index is 11.4. The maximum Gasteiger partial charge on any atom is 0.125 e. The predicted octanol–water partition coefficient (Wildman–Crippen LogP) is 10.3. The topological polar surface area (TPSA) is 58.9 Å². The molecule has 0 aliphatic heterocycles. The number of rotatable bonds is 4. The number of hydrogen-bond acceptors (Lipinski definition) is 4. The summed E-state index contributed by atoms with van der Waals surface area (Å²) in [6, 6.07) is 45.5. The second-order valence-electron chi connectivity index (χ2n) is 11.7. The molecule has 214 valence electrons. The molecule has 0 bridgehead atoms. The number of phenols is 1. The average molecular weight is 580 g/mol. The van der Waals surface area contributed by atoms with Gasteiger partial charge < -0.3 is 5.11 Å². The highest BCUT2D eigenvalue weighted by Crippen LogP contribution is 2.39. The molecule has 0 saturated carbocycles. The summed E-state index contributed by atoms with van der Waals surface area (Å²) in [5.41, 5.74) is 10.4. The van der Waals surface area contributed by atoms with Gasteiger partial charge in [0.1, 0.15) is 5.75 Å². The van der Waals surface area contributed by atoms with Crippen LogP contribution in [0.3, 0.4) is 0 Å². The largest absolute Gasteiger partial charge is 0.507 e. The smallest absolute Gasteiger partial charge is 0.125 e. The highest BCUT2D eigenvalue weighted by molar-refractivity contribution is 6.01. The van der Waals surface area contributed by atoms with Gasteiger partial charge >= 0.3 is 0 Å². The normalized spacial score (nSPS) is 11.4. The minimum atomic E-state index is 0.204. The van der Waals surface area contributed by atoms with E-state index >= 15 is 0 Å². The summed E-state index contributed by atoms with van der Waals surface area (Å²) in [7, 11) is 0. The first-order valence-corrected chi connectivity index (χ1v) is 15.1. The van der Waals surface area contributed by atoms with E-state index in [2.05, 4.69) is 121 Å². The zero-order chi connectivity index (χ0) is 30.5. The molecule has 45 heavy (non-hydrogen) atoms. The van der Waals surface area contributed by atoms with Crippen LogP contribution in [0.2, 0.25) is 0 Å². The van der Waals surface area contributed by atoms with Crippen molar-refractivity contribution >= 4 is 32.4 Å². The molecule has 2 heterocycles. The molecule has 4 nitrogen and oxygen atoms in total. The molecule has 0 saturated heterocycles. The number of nitrogens with zero attached hydrogens (tertiary/aromatic N) is 3. The Labute approximate surface area is 261 Å².